The molecule has 2 aromatic rings. The molecular weight excluding hydrogens is 406 g/mol. The lowest BCUT2D eigenvalue weighted by atomic mass is 10.0. The van der Waals surface area contributed by atoms with Gasteiger partial charge in [-0.05, 0) is 56.7 Å². The lowest BCUT2D eigenvalue weighted by Gasteiger charge is -2.20. The Morgan fingerprint density at radius 1 is 1.26 bits per heavy atom. The van der Waals surface area contributed by atoms with Crippen LogP contribution in [0.1, 0.15) is 36.0 Å². The molecule has 1 aromatic heterocycles. The molecule has 1 aliphatic carbocycles. The number of carboxylic acids is 1. The van der Waals surface area contributed by atoms with E-state index in [0.717, 1.165) is 29.4 Å². The van der Waals surface area contributed by atoms with Gasteiger partial charge in [-0.25, -0.2) is 9.59 Å². The first-order chi connectivity index (χ1) is 14.8. The molecule has 10 heteroatoms. The Hall–Kier alpha value is -3.56. The summed E-state index contributed by atoms with van der Waals surface area (Å²) in [5, 5.41) is 16.8. The normalized spacial score (nSPS) is 13.5. The lowest BCUT2D eigenvalue weighted by molar-refractivity contribution is -0.308. The average Bonchev–Trinajstić information content (AvgIpc) is 3.21. The molecule has 0 spiro atoms. The molecule has 10 nitrogen and oxygen atoms in total. The van der Waals surface area contributed by atoms with Crippen molar-refractivity contribution >= 4 is 28.9 Å². The van der Waals surface area contributed by atoms with Crippen LogP contribution < -0.4 is 31.8 Å². The van der Waals surface area contributed by atoms with E-state index < -0.39 is 30.6 Å². The molecule has 0 saturated heterocycles. The summed E-state index contributed by atoms with van der Waals surface area (Å²) in [5.74, 6) is -1.73. The van der Waals surface area contributed by atoms with E-state index in [2.05, 4.69) is 10.6 Å². The van der Waals surface area contributed by atoms with Crippen LogP contribution in [0.3, 0.4) is 0 Å². The fourth-order valence-corrected chi connectivity index (χ4v) is 3.77. The van der Waals surface area contributed by atoms with Gasteiger partial charge in [0.1, 0.15) is 11.3 Å². The zero-order valence-electron chi connectivity index (χ0n) is 17.1. The largest absolute Gasteiger partial charge is 0.548 e. The van der Waals surface area contributed by atoms with Crippen molar-refractivity contribution in [3.05, 3.63) is 39.2 Å². The summed E-state index contributed by atoms with van der Waals surface area (Å²) in [7, 11) is 0. The molecular formula is C21H24N3O7-. The van der Waals surface area contributed by atoms with Crippen LogP contribution in [-0.2, 0) is 22.4 Å². The van der Waals surface area contributed by atoms with Gasteiger partial charge in [-0.15, -0.1) is 0 Å². The van der Waals surface area contributed by atoms with E-state index in [9.17, 15) is 24.3 Å². The number of ether oxygens (including phenoxy) is 1. The first-order valence-corrected chi connectivity index (χ1v) is 10.0. The molecule has 3 amide bonds. The van der Waals surface area contributed by atoms with Crippen molar-refractivity contribution in [3.63, 3.8) is 0 Å². The van der Waals surface area contributed by atoms with E-state index in [1.54, 1.807) is 19.1 Å². The van der Waals surface area contributed by atoms with Crippen molar-refractivity contribution in [1.82, 2.24) is 10.6 Å². The number of hydrogen-bond acceptors (Lipinski definition) is 7. The minimum atomic E-state index is -1.44. The first kappa shape index (κ1) is 22.1. The lowest BCUT2D eigenvalue weighted by Crippen LogP contribution is -2.49. The van der Waals surface area contributed by atoms with Gasteiger partial charge in [0.15, 0.2) is 6.61 Å². The van der Waals surface area contributed by atoms with Crippen LogP contribution in [0.4, 0.5) is 4.79 Å². The number of benzene rings is 1. The number of nitrogens with two attached hydrogens (primary N) is 1. The van der Waals surface area contributed by atoms with Crippen molar-refractivity contribution in [2.45, 2.75) is 45.1 Å². The molecule has 1 aliphatic rings. The van der Waals surface area contributed by atoms with Crippen LogP contribution in [-0.4, -0.2) is 37.1 Å². The molecule has 1 atom stereocenters. The molecule has 4 N–H and O–H groups in total. The smallest absolute Gasteiger partial charge is 0.339 e. The fourth-order valence-electron chi connectivity index (χ4n) is 3.77. The molecule has 0 unspecified atom stereocenters. The Bertz CT molecular complexity index is 1080. The van der Waals surface area contributed by atoms with E-state index in [1.165, 1.54) is 0 Å². The highest BCUT2D eigenvalue weighted by Gasteiger charge is 2.21. The Kier molecular flexibility index (Phi) is 6.78. The first-order valence-electron chi connectivity index (χ1n) is 10.0. The topological polar surface area (TPSA) is 164 Å². The number of aliphatic carboxylic acids is 1. The van der Waals surface area contributed by atoms with Gasteiger partial charge in [-0.2, -0.15) is 0 Å². The van der Waals surface area contributed by atoms with Crippen molar-refractivity contribution in [3.8, 4) is 5.75 Å². The number of carboxylic acid groups (broad SMARTS) is 1. The second-order valence-corrected chi connectivity index (χ2v) is 7.43. The highest BCUT2D eigenvalue weighted by molar-refractivity contribution is 5.87. The molecule has 0 saturated carbocycles. The number of primary amides is 1. The van der Waals surface area contributed by atoms with Gasteiger partial charge in [0.05, 0.1) is 12.0 Å². The maximum atomic E-state index is 12.2. The third-order valence-electron chi connectivity index (χ3n) is 5.29. The SMILES string of the molecule is Cc1c(OCC(=O)N[C@H](CCCNC(N)=O)C(=O)[O-])ccc2c3c(c(=O)oc12)CCC3. The van der Waals surface area contributed by atoms with Gasteiger partial charge < -0.3 is 35.4 Å². The van der Waals surface area contributed by atoms with Gasteiger partial charge in [0.25, 0.3) is 5.91 Å². The molecule has 1 aromatic carbocycles. The zero-order chi connectivity index (χ0) is 22.5. The summed E-state index contributed by atoms with van der Waals surface area (Å²) in [6, 6.07) is 1.56. The minimum absolute atomic E-state index is 0.0552. The van der Waals surface area contributed by atoms with Crippen molar-refractivity contribution in [1.29, 1.82) is 0 Å². The summed E-state index contributed by atoms with van der Waals surface area (Å²) < 4.78 is 11.0. The summed E-state index contributed by atoms with van der Waals surface area (Å²) in [6.07, 6.45) is 2.78. The van der Waals surface area contributed by atoms with Crippen LogP contribution in [0.2, 0.25) is 0 Å². The molecule has 166 valence electrons. The van der Waals surface area contributed by atoms with Gasteiger partial charge in [0, 0.05) is 23.1 Å². The van der Waals surface area contributed by atoms with Crippen LogP contribution in [0.15, 0.2) is 21.3 Å². The Balaban J connectivity index is 1.63. The number of nitrogens with one attached hydrogen (secondary N) is 2. The van der Waals surface area contributed by atoms with Crippen LogP contribution >= 0.6 is 0 Å². The quantitative estimate of drug-likeness (QED) is 0.361. The van der Waals surface area contributed by atoms with E-state index in [-0.39, 0.29) is 25.0 Å². The number of fused-ring (bicyclic) bond motifs is 3. The monoisotopic (exact) mass is 430 g/mol. The van der Waals surface area contributed by atoms with Crippen LogP contribution in [0.5, 0.6) is 5.75 Å². The van der Waals surface area contributed by atoms with E-state index in [4.69, 9.17) is 14.9 Å². The van der Waals surface area contributed by atoms with Crippen molar-refractivity contribution in [2.24, 2.45) is 5.73 Å². The summed E-state index contributed by atoms with van der Waals surface area (Å²) in [4.78, 5) is 46.3. The number of urea groups is 1. The predicted octanol–water partition coefficient (Wildman–Crippen LogP) is -0.348. The standard InChI is InChI=1S/C21H25N3O7/c1-11-16(8-7-13-12-4-2-5-14(12)20(28)31-18(11)13)30-10-17(25)24-15(19(26)27)6-3-9-23-21(22)29/h7-8,15H,2-6,9-10H2,1H3,(H,24,25)(H,26,27)(H3,22,23,29)/p-1/t15-/m1/s1. The molecule has 0 fully saturated rings. The van der Waals surface area contributed by atoms with Crippen molar-refractivity contribution < 1.29 is 28.6 Å². The molecule has 3 rings (SSSR count). The Labute approximate surface area is 177 Å². The zero-order valence-corrected chi connectivity index (χ0v) is 17.1. The van der Waals surface area contributed by atoms with Crippen LogP contribution in [0.25, 0.3) is 11.0 Å². The molecule has 0 radical (unpaired) electrons. The van der Waals surface area contributed by atoms with Crippen LogP contribution in [0, 0.1) is 6.92 Å². The predicted molar refractivity (Wildman–Crippen MR) is 108 cm³/mol. The fraction of sp³-hybridized carbons (Fsp3) is 0.429. The Morgan fingerprint density at radius 3 is 2.71 bits per heavy atom. The van der Waals surface area contributed by atoms with Gasteiger partial charge >= 0.3 is 11.7 Å². The van der Waals surface area contributed by atoms with Crippen molar-refractivity contribution in [2.75, 3.05) is 13.2 Å². The summed E-state index contributed by atoms with van der Waals surface area (Å²) in [5.41, 5.74) is 7.33. The van der Waals surface area contributed by atoms with E-state index in [1.807, 2.05) is 0 Å². The number of carbonyl (C=O) groups is 3. The number of hydrogen-bond donors (Lipinski definition) is 3. The average molecular weight is 430 g/mol. The van der Waals surface area contributed by atoms with E-state index >= 15 is 0 Å². The van der Waals surface area contributed by atoms with Gasteiger partial charge in [-0.1, -0.05) is 0 Å². The summed E-state index contributed by atoms with van der Waals surface area (Å²) >= 11 is 0. The number of aryl methyl sites for hydroxylation is 2. The highest BCUT2D eigenvalue weighted by atomic mass is 16.5. The molecule has 0 aliphatic heterocycles. The molecule has 1 heterocycles. The highest BCUT2D eigenvalue weighted by Crippen LogP contribution is 2.32. The Morgan fingerprint density at radius 2 is 2.00 bits per heavy atom. The second-order valence-electron chi connectivity index (χ2n) is 7.43. The third kappa shape index (κ3) is 5.14. The number of rotatable bonds is 9. The molecule has 31 heavy (non-hydrogen) atoms. The maximum Gasteiger partial charge on any atom is 0.339 e. The minimum Gasteiger partial charge on any atom is -0.548 e. The second kappa shape index (κ2) is 9.50. The number of carbonyl (C=O) groups excluding carboxylic acids is 3. The van der Waals surface area contributed by atoms with Gasteiger partial charge in [0.2, 0.25) is 0 Å². The van der Waals surface area contributed by atoms with E-state index in [0.29, 0.717) is 23.3 Å². The van der Waals surface area contributed by atoms with Gasteiger partial charge in [-0.3, -0.25) is 4.79 Å². The third-order valence-corrected chi connectivity index (χ3v) is 5.29. The molecule has 0 bridgehead atoms. The summed E-state index contributed by atoms with van der Waals surface area (Å²) in [6.45, 7) is 1.48. The number of amides is 3. The maximum absolute atomic E-state index is 12.2.